The van der Waals surface area contributed by atoms with E-state index in [9.17, 15) is 5.11 Å². The average molecular weight is 186 g/mol. The number of aliphatic hydroxyl groups is 1. The SMILES string of the molecule is CN1c2nc(Cl)ccc2NC1O. The lowest BCUT2D eigenvalue weighted by atomic mass is 10.4. The summed E-state index contributed by atoms with van der Waals surface area (Å²) in [5.41, 5.74) is 0.800. The molecule has 1 aliphatic rings. The van der Waals surface area contributed by atoms with E-state index in [2.05, 4.69) is 10.3 Å². The highest BCUT2D eigenvalue weighted by Gasteiger charge is 2.24. The number of anilines is 2. The molecule has 0 bridgehead atoms. The molecule has 2 heterocycles. The van der Waals surface area contributed by atoms with Crippen molar-refractivity contribution in [3.63, 3.8) is 0 Å². The zero-order valence-corrected chi connectivity index (χ0v) is 7.21. The zero-order chi connectivity index (χ0) is 8.72. The topological polar surface area (TPSA) is 48.4 Å². The largest absolute Gasteiger partial charge is 0.356 e. The Morgan fingerprint density at radius 1 is 1.67 bits per heavy atom. The van der Waals surface area contributed by atoms with Crippen LogP contribution in [-0.2, 0) is 0 Å². The lowest BCUT2D eigenvalue weighted by molar-refractivity contribution is 0.210. The van der Waals surface area contributed by atoms with Crippen molar-refractivity contribution in [2.24, 2.45) is 0 Å². The lowest BCUT2D eigenvalue weighted by Gasteiger charge is -2.14. The summed E-state index contributed by atoms with van der Waals surface area (Å²) in [5.74, 6) is 0.676. The van der Waals surface area contributed by atoms with Crippen LogP contribution in [0, 0.1) is 0 Å². The standard InChI is InChI=1S/C7H8ClN3O/c1-11-6-4(9-7(11)12)2-3-5(8)10-6/h2-3,7,9,12H,1H3. The summed E-state index contributed by atoms with van der Waals surface area (Å²) in [6.07, 6.45) is -0.703. The van der Waals surface area contributed by atoms with Crippen LogP contribution in [0.1, 0.15) is 0 Å². The van der Waals surface area contributed by atoms with E-state index >= 15 is 0 Å². The summed E-state index contributed by atoms with van der Waals surface area (Å²) < 4.78 is 0. The van der Waals surface area contributed by atoms with Gasteiger partial charge in [-0.15, -0.1) is 0 Å². The third-order valence-electron chi connectivity index (χ3n) is 1.83. The number of hydrogen-bond acceptors (Lipinski definition) is 4. The molecule has 0 fully saturated rings. The molecule has 1 aromatic heterocycles. The molecule has 2 rings (SSSR count). The van der Waals surface area contributed by atoms with Gasteiger partial charge in [0, 0.05) is 7.05 Å². The molecule has 0 saturated carbocycles. The Labute approximate surface area is 74.8 Å². The summed E-state index contributed by atoms with van der Waals surface area (Å²) in [5, 5.41) is 12.6. The van der Waals surface area contributed by atoms with Crippen LogP contribution in [0.5, 0.6) is 0 Å². The smallest absolute Gasteiger partial charge is 0.206 e. The third kappa shape index (κ3) is 1.00. The number of rotatable bonds is 0. The quantitative estimate of drug-likeness (QED) is 0.589. The minimum absolute atomic E-state index is 0.427. The van der Waals surface area contributed by atoms with Crippen molar-refractivity contribution >= 4 is 23.1 Å². The molecule has 0 saturated heterocycles. The van der Waals surface area contributed by atoms with Gasteiger partial charge in [0.05, 0.1) is 5.69 Å². The first-order valence-corrected chi connectivity index (χ1v) is 3.90. The molecule has 0 spiro atoms. The molecule has 1 aromatic rings. The van der Waals surface area contributed by atoms with Gasteiger partial charge < -0.3 is 15.3 Å². The van der Waals surface area contributed by atoms with E-state index in [4.69, 9.17) is 11.6 Å². The monoisotopic (exact) mass is 185 g/mol. The van der Waals surface area contributed by atoms with Crippen LogP contribution in [0.4, 0.5) is 11.5 Å². The molecular weight excluding hydrogens is 178 g/mol. The summed E-state index contributed by atoms with van der Waals surface area (Å²) in [6, 6.07) is 3.47. The van der Waals surface area contributed by atoms with Crippen molar-refractivity contribution in [2.75, 3.05) is 17.3 Å². The zero-order valence-electron chi connectivity index (χ0n) is 6.45. The van der Waals surface area contributed by atoms with Gasteiger partial charge in [-0.2, -0.15) is 0 Å². The highest BCUT2D eigenvalue weighted by molar-refractivity contribution is 6.29. The maximum atomic E-state index is 9.34. The lowest BCUT2D eigenvalue weighted by Crippen LogP contribution is -2.31. The Morgan fingerprint density at radius 2 is 2.42 bits per heavy atom. The number of nitrogens with one attached hydrogen (secondary N) is 1. The predicted molar refractivity (Wildman–Crippen MR) is 47.3 cm³/mol. The van der Waals surface area contributed by atoms with Crippen LogP contribution in [-0.4, -0.2) is 23.5 Å². The van der Waals surface area contributed by atoms with Gasteiger partial charge in [0.1, 0.15) is 5.15 Å². The molecule has 0 aromatic carbocycles. The van der Waals surface area contributed by atoms with Crippen LogP contribution in [0.3, 0.4) is 0 Å². The van der Waals surface area contributed by atoms with E-state index in [1.807, 2.05) is 0 Å². The van der Waals surface area contributed by atoms with Gasteiger partial charge in [0.15, 0.2) is 5.82 Å². The highest BCUT2D eigenvalue weighted by Crippen LogP contribution is 2.31. The molecule has 4 nitrogen and oxygen atoms in total. The van der Waals surface area contributed by atoms with Gasteiger partial charge in [0.2, 0.25) is 6.35 Å². The van der Waals surface area contributed by atoms with Crippen molar-refractivity contribution < 1.29 is 5.11 Å². The minimum Gasteiger partial charge on any atom is -0.356 e. The molecule has 0 aliphatic carbocycles. The Kier molecular flexibility index (Phi) is 1.59. The summed E-state index contributed by atoms with van der Waals surface area (Å²) in [7, 11) is 1.74. The van der Waals surface area contributed by atoms with Gasteiger partial charge >= 0.3 is 0 Å². The minimum atomic E-state index is -0.703. The Hall–Kier alpha value is -1.00. The molecule has 5 heteroatoms. The predicted octanol–water partition coefficient (Wildman–Crippen LogP) is 0.873. The molecule has 2 N–H and O–H groups in total. The Balaban J connectivity index is 2.48. The fraction of sp³-hybridized carbons (Fsp3) is 0.286. The second kappa shape index (κ2) is 2.50. The van der Waals surface area contributed by atoms with Gasteiger partial charge in [-0.05, 0) is 12.1 Å². The van der Waals surface area contributed by atoms with Crippen LogP contribution in [0.2, 0.25) is 5.15 Å². The Bertz CT molecular complexity index is 318. The van der Waals surface area contributed by atoms with Gasteiger partial charge in [0.25, 0.3) is 0 Å². The first-order valence-electron chi connectivity index (χ1n) is 3.52. The van der Waals surface area contributed by atoms with Gasteiger partial charge in [-0.25, -0.2) is 4.98 Å². The van der Waals surface area contributed by atoms with Crippen molar-refractivity contribution in [1.29, 1.82) is 0 Å². The van der Waals surface area contributed by atoms with E-state index in [0.29, 0.717) is 11.0 Å². The van der Waals surface area contributed by atoms with E-state index in [-0.39, 0.29) is 0 Å². The summed E-state index contributed by atoms with van der Waals surface area (Å²) in [4.78, 5) is 5.67. The first kappa shape index (κ1) is 7.64. The van der Waals surface area contributed by atoms with E-state index in [1.165, 1.54) is 0 Å². The van der Waals surface area contributed by atoms with E-state index in [0.717, 1.165) is 5.69 Å². The fourth-order valence-electron chi connectivity index (χ4n) is 1.16. The maximum Gasteiger partial charge on any atom is 0.206 e. The number of aliphatic hydroxyl groups excluding tert-OH is 1. The highest BCUT2D eigenvalue weighted by atomic mass is 35.5. The normalized spacial score (nSPS) is 20.6. The molecular formula is C7H8ClN3O. The van der Waals surface area contributed by atoms with Crippen molar-refractivity contribution in [3.05, 3.63) is 17.3 Å². The number of hydrogen-bond donors (Lipinski definition) is 2. The summed E-state index contributed by atoms with van der Waals surface area (Å²) >= 11 is 5.69. The van der Waals surface area contributed by atoms with Crippen molar-refractivity contribution in [3.8, 4) is 0 Å². The number of fused-ring (bicyclic) bond motifs is 1. The van der Waals surface area contributed by atoms with E-state index < -0.39 is 6.35 Å². The number of aromatic nitrogens is 1. The fourth-order valence-corrected chi connectivity index (χ4v) is 1.30. The molecule has 1 unspecified atom stereocenters. The van der Waals surface area contributed by atoms with Gasteiger partial charge in [-0.3, -0.25) is 0 Å². The van der Waals surface area contributed by atoms with Crippen LogP contribution in [0.25, 0.3) is 0 Å². The first-order chi connectivity index (χ1) is 5.68. The molecule has 1 aliphatic heterocycles. The molecule has 64 valence electrons. The second-order valence-corrected chi connectivity index (χ2v) is 3.02. The molecule has 1 atom stereocenters. The van der Waals surface area contributed by atoms with Crippen LogP contribution in [0.15, 0.2) is 12.1 Å². The van der Waals surface area contributed by atoms with Crippen molar-refractivity contribution in [1.82, 2.24) is 4.98 Å². The van der Waals surface area contributed by atoms with Crippen LogP contribution < -0.4 is 10.2 Å². The third-order valence-corrected chi connectivity index (χ3v) is 2.04. The molecule has 0 radical (unpaired) electrons. The Morgan fingerprint density at radius 3 is 3.17 bits per heavy atom. The van der Waals surface area contributed by atoms with E-state index in [1.54, 1.807) is 24.1 Å². The molecule has 0 amide bonds. The van der Waals surface area contributed by atoms with Crippen molar-refractivity contribution in [2.45, 2.75) is 6.35 Å². The number of nitrogens with zero attached hydrogens (tertiary/aromatic N) is 2. The number of pyridine rings is 1. The second-order valence-electron chi connectivity index (χ2n) is 2.63. The average Bonchev–Trinajstić information content (AvgIpc) is 2.31. The number of halogens is 1. The maximum absolute atomic E-state index is 9.34. The molecule has 12 heavy (non-hydrogen) atoms. The van der Waals surface area contributed by atoms with Gasteiger partial charge in [-0.1, -0.05) is 11.6 Å². The van der Waals surface area contributed by atoms with Crippen LogP contribution >= 0.6 is 11.6 Å². The summed E-state index contributed by atoms with van der Waals surface area (Å²) in [6.45, 7) is 0.